The highest BCUT2D eigenvalue weighted by atomic mass is 16.2. The fourth-order valence-electron chi connectivity index (χ4n) is 3.77. The maximum absolute atomic E-state index is 13.0. The Labute approximate surface area is 135 Å². The Balaban J connectivity index is 1.82. The Morgan fingerprint density at radius 2 is 1.65 bits per heavy atom. The Morgan fingerprint density at radius 1 is 0.957 bits per heavy atom. The molecule has 0 spiro atoms. The van der Waals surface area contributed by atoms with Crippen LogP contribution in [0.25, 0.3) is 0 Å². The first-order chi connectivity index (χ1) is 11.2. The molecule has 4 rings (SSSR count). The zero-order chi connectivity index (χ0) is 16.0. The number of anilines is 2. The summed E-state index contributed by atoms with van der Waals surface area (Å²) >= 11 is 0. The molecule has 0 aromatic heterocycles. The number of nitrogens with zero attached hydrogens (tertiary/aromatic N) is 2. The quantitative estimate of drug-likeness (QED) is 0.801. The normalized spacial score (nSPS) is 23.0. The van der Waals surface area contributed by atoms with Gasteiger partial charge in [-0.15, -0.1) is 0 Å². The number of carbonyl (C=O) groups is 2. The van der Waals surface area contributed by atoms with Gasteiger partial charge in [-0.25, -0.2) is 4.90 Å². The first kappa shape index (κ1) is 14.0. The van der Waals surface area contributed by atoms with E-state index in [-0.39, 0.29) is 23.7 Å². The Morgan fingerprint density at radius 3 is 2.39 bits per heavy atom. The Bertz CT molecular complexity index is 772. The number of rotatable bonds is 2. The van der Waals surface area contributed by atoms with Crippen LogP contribution in [-0.4, -0.2) is 24.9 Å². The fraction of sp³-hybridized carbons (Fsp3) is 0.263. The SMILES string of the molecule is CCN1C[C@H]2C(=O)N(c3ccccc3)C(=O)[C@H]2c2ccccc21. The topological polar surface area (TPSA) is 40.6 Å². The number of amides is 2. The molecule has 4 heteroatoms. The summed E-state index contributed by atoms with van der Waals surface area (Å²) in [4.78, 5) is 29.5. The van der Waals surface area contributed by atoms with Crippen molar-refractivity contribution in [1.29, 1.82) is 0 Å². The second-order valence-electron chi connectivity index (χ2n) is 6.03. The number of fused-ring (bicyclic) bond motifs is 3. The van der Waals surface area contributed by atoms with Crippen LogP contribution in [0.4, 0.5) is 11.4 Å². The molecular weight excluding hydrogens is 288 g/mol. The predicted octanol–water partition coefficient (Wildman–Crippen LogP) is 2.80. The molecule has 0 bridgehead atoms. The molecule has 2 aromatic rings. The predicted molar refractivity (Wildman–Crippen MR) is 89.5 cm³/mol. The smallest absolute Gasteiger partial charge is 0.242 e. The molecule has 1 saturated heterocycles. The van der Waals surface area contributed by atoms with Gasteiger partial charge in [-0.05, 0) is 30.7 Å². The van der Waals surface area contributed by atoms with Crippen molar-refractivity contribution < 1.29 is 9.59 Å². The molecule has 2 aliphatic heterocycles. The van der Waals surface area contributed by atoms with Crippen LogP contribution in [0.5, 0.6) is 0 Å². The van der Waals surface area contributed by atoms with Crippen LogP contribution in [0.2, 0.25) is 0 Å². The highest BCUT2D eigenvalue weighted by Crippen LogP contribution is 2.45. The van der Waals surface area contributed by atoms with Crippen molar-refractivity contribution in [1.82, 2.24) is 0 Å². The van der Waals surface area contributed by atoms with Gasteiger partial charge < -0.3 is 4.90 Å². The maximum atomic E-state index is 13.0. The Kier molecular flexibility index (Phi) is 3.18. The standard InChI is InChI=1S/C19H18N2O2/c1-2-20-12-15-17(14-10-6-7-11-16(14)20)19(23)21(18(15)22)13-8-4-3-5-9-13/h3-11,15,17H,2,12H2,1H3/t15-,17+/m1/s1. The van der Waals surface area contributed by atoms with Crippen LogP contribution in [0.15, 0.2) is 54.6 Å². The third-order valence-electron chi connectivity index (χ3n) is 4.85. The molecule has 0 radical (unpaired) electrons. The van der Waals surface area contributed by atoms with E-state index in [4.69, 9.17) is 0 Å². The minimum Gasteiger partial charge on any atom is -0.371 e. The minimum absolute atomic E-state index is 0.0841. The molecule has 23 heavy (non-hydrogen) atoms. The molecular formula is C19H18N2O2. The highest BCUT2D eigenvalue weighted by Gasteiger charge is 2.52. The van der Waals surface area contributed by atoms with Crippen molar-refractivity contribution in [2.24, 2.45) is 5.92 Å². The number of para-hydroxylation sites is 2. The van der Waals surface area contributed by atoms with Crippen LogP contribution >= 0.6 is 0 Å². The van der Waals surface area contributed by atoms with Gasteiger partial charge in [0.1, 0.15) is 0 Å². The zero-order valence-electron chi connectivity index (χ0n) is 13.0. The van der Waals surface area contributed by atoms with E-state index in [1.54, 1.807) is 0 Å². The molecule has 2 aromatic carbocycles. The van der Waals surface area contributed by atoms with Crippen molar-refractivity contribution >= 4 is 23.2 Å². The van der Waals surface area contributed by atoms with Crippen LogP contribution < -0.4 is 9.80 Å². The van der Waals surface area contributed by atoms with E-state index in [2.05, 4.69) is 11.8 Å². The zero-order valence-corrected chi connectivity index (χ0v) is 13.0. The summed E-state index contributed by atoms with van der Waals surface area (Å²) in [5, 5.41) is 0. The summed E-state index contributed by atoms with van der Waals surface area (Å²) < 4.78 is 0. The van der Waals surface area contributed by atoms with E-state index in [1.807, 2.05) is 54.6 Å². The fourth-order valence-corrected chi connectivity index (χ4v) is 3.77. The number of hydrogen-bond acceptors (Lipinski definition) is 3. The molecule has 2 aliphatic rings. The van der Waals surface area contributed by atoms with Gasteiger partial charge in [-0.1, -0.05) is 36.4 Å². The van der Waals surface area contributed by atoms with Gasteiger partial charge in [0.25, 0.3) is 0 Å². The largest absolute Gasteiger partial charge is 0.371 e. The lowest BCUT2D eigenvalue weighted by Crippen LogP contribution is -2.39. The molecule has 2 atom stereocenters. The lowest BCUT2D eigenvalue weighted by atomic mass is 9.83. The maximum Gasteiger partial charge on any atom is 0.242 e. The van der Waals surface area contributed by atoms with Crippen LogP contribution in [0.3, 0.4) is 0 Å². The van der Waals surface area contributed by atoms with Crippen LogP contribution in [0, 0.1) is 5.92 Å². The van der Waals surface area contributed by atoms with Gasteiger partial charge in [-0.2, -0.15) is 0 Å². The summed E-state index contributed by atoms with van der Waals surface area (Å²) in [5.41, 5.74) is 2.71. The molecule has 0 N–H and O–H groups in total. The average Bonchev–Trinajstić information content (AvgIpc) is 2.85. The van der Waals surface area contributed by atoms with Crippen molar-refractivity contribution in [2.45, 2.75) is 12.8 Å². The van der Waals surface area contributed by atoms with Crippen molar-refractivity contribution in [3.05, 3.63) is 60.2 Å². The number of imide groups is 1. The summed E-state index contributed by atoms with van der Waals surface area (Å²) in [5.74, 6) is -0.840. The molecule has 2 heterocycles. The summed E-state index contributed by atoms with van der Waals surface area (Å²) in [6.45, 7) is 3.51. The van der Waals surface area contributed by atoms with Gasteiger partial charge >= 0.3 is 0 Å². The van der Waals surface area contributed by atoms with Gasteiger partial charge in [0.15, 0.2) is 0 Å². The second-order valence-corrected chi connectivity index (χ2v) is 6.03. The van der Waals surface area contributed by atoms with Crippen molar-refractivity contribution in [3.8, 4) is 0 Å². The molecule has 116 valence electrons. The summed E-state index contributed by atoms with van der Waals surface area (Å²) in [7, 11) is 0. The molecule has 1 fully saturated rings. The van der Waals surface area contributed by atoms with Crippen LogP contribution in [-0.2, 0) is 9.59 Å². The average molecular weight is 306 g/mol. The number of hydrogen-bond donors (Lipinski definition) is 0. The number of benzene rings is 2. The summed E-state index contributed by atoms with van der Waals surface area (Å²) in [6, 6.07) is 17.2. The molecule has 0 unspecified atom stereocenters. The first-order valence-corrected chi connectivity index (χ1v) is 7.99. The van der Waals surface area contributed by atoms with E-state index < -0.39 is 0 Å². The van der Waals surface area contributed by atoms with E-state index in [0.29, 0.717) is 12.2 Å². The number of carbonyl (C=O) groups excluding carboxylic acids is 2. The van der Waals surface area contributed by atoms with Crippen LogP contribution in [0.1, 0.15) is 18.4 Å². The van der Waals surface area contributed by atoms with Gasteiger partial charge in [0.2, 0.25) is 11.8 Å². The van der Waals surface area contributed by atoms with Crippen molar-refractivity contribution in [2.75, 3.05) is 22.9 Å². The third kappa shape index (κ3) is 1.98. The third-order valence-corrected chi connectivity index (χ3v) is 4.85. The molecule has 2 amide bonds. The van der Waals surface area contributed by atoms with Crippen molar-refractivity contribution in [3.63, 3.8) is 0 Å². The Hall–Kier alpha value is -2.62. The summed E-state index contributed by atoms with van der Waals surface area (Å²) in [6.07, 6.45) is 0. The molecule has 0 saturated carbocycles. The monoisotopic (exact) mass is 306 g/mol. The lowest BCUT2D eigenvalue weighted by molar-refractivity contribution is -0.122. The van der Waals surface area contributed by atoms with E-state index in [9.17, 15) is 9.59 Å². The molecule has 0 aliphatic carbocycles. The van der Waals surface area contributed by atoms with Gasteiger partial charge in [-0.3, -0.25) is 9.59 Å². The van der Waals surface area contributed by atoms with Gasteiger partial charge in [0, 0.05) is 18.8 Å². The van der Waals surface area contributed by atoms with E-state index >= 15 is 0 Å². The van der Waals surface area contributed by atoms with E-state index in [1.165, 1.54) is 4.90 Å². The second kappa shape index (κ2) is 5.23. The van der Waals surface area contributed by atoms with Gasteiger partial charge in [0.05, 0.1) is 17.5 Å². The molecule has 4 nitrogen and oxygen atoms in total. The highest BCUT2D eigenvalue weighted by molar-refractivity contribution is 6.24. The minimum atomic E-state index is -0.360. The lowest BCUT2D eigenvalue weighted by Gasteiger charge is -2.35. The van der Waals surface area contributed by atoms with E-state index in [0.717, 1.165) is 17.8 Å². The first-order valence-electron chi connectivity index (χ1n) is 7.99.